The Hall–Kier alpha value is -3.16. The summed E-state index contributed by atoms with van der Waals surface area (Å²) >= 11 is 1.46. The van der Waals surface area contributed by atoms with Crippen molar-refractivity contribution in [3.8, 4) is 11.5 Å². The monoisotopic (exact) mass is 447 g/mol. The summed E-state index contributed by atoms with van der Waals surface area (Å²) in [4.78, 5) is 29.5. The molecule has 0 saturated heterocycles. The van der Waals surface area contributed by atoms with Crippen LogP contribution in [0.5, 0.6) is 11.5 Å². The number of amides is 2. The van der Waals surface area contributed by atoms with Crippen molar-refractivity contribution < 1.29 is 14.3 Å². The summed E-state index contributed by atoms with van der Waals surface area (Å²) in [7, 11) is 0. The van der Waals surface area contributed by atoms with E-state index in [1.807, 2.05) is 48.5 Å². The standard InChI is InChI=1S/C25H25N3O3S/c1-14(2)28-12-11-17-20(13-28)32-25(22(17)23(26)29)27-24(30)21-15-7-3-5-9-18(15)31-19-10-6-4-8-16(19)21/h3-10,14,21H,11-13H2,1-2H3,(H2,26,29)(H,27,30). The first-order chi connectivity index (χ1) is 15.4. The number of para-hydroxylation sites is 2. The second-order valence-electron chi connectivity index (χ2n) is 8.49. The molecule has 0 unspecified atom stereocenters. The summed E-state index contributed by atoms with van der Waals surface area (Å²) < 4.78 is 6.01. The fourth-order valence-electron chi connectivity index (χ4n) is 4.59. The number of hydrogen-bond donors (Lipinski definition) is 2. The van der Waals surface area contributed by atoms with Crippen molar-refractivity contribution in [1.82, 2.24) is 4.90 Å². The van der Waals surface area contributed by atoms with Crippen LogP contribution in [0.3, 0.4) is 0 Å². The Morgan fingerprint density at radius 1 is 1.09 bits per heavy atom. The van der Waals surface area contributed by atoms with Gasteiger partial charge in [0, 0.05) is 35.1 Å². The molecule has 2 aromatic carbocycles. The van der Waals surface area contributed by atoms with Crippen molar-refractivity contribution in [2.45, 2.75) is 38.8 Å². The van der Waals surface area contributed by atoms with Crippen LogP contribution in [0.1, 0.15) is 51.7 Å². The van der Waals surface area contributed by atoms with Gasteiger partial charge >= 0.3 is 0 Å². The van der Waals surface area contributed by atoms with Gasteiger partial charge in [0.1, 0.15) is 16.5 Å². The molecule has 0 aliphatic carbocycles. The molecule has 164 valence electrons. The number of carbonyl (C=O) groups excluding carboxylic acids is 2. The number of hydrogen-bond acceptors (Lipinski definition) is 5. The summed E-state index contributed by atoms with van der Waals surface area (Å²) in [6.45, 7) is 5.96. The Morgan fingerprint density at radius 3 is 2.31 bits per heavy atom. The van der Waals surface area contributed by atoms with Crippen molar-refractivity contribution in [2.24, 2.45) is 5.73 Å². The van der Waals surface area contributed by atoms with E-state index < -0.39 is 11.8 Å². The van der Waals surface area contributed by atoms with Gasteiger partial charge in [-0.3, -0.25) is 14.5 Å². The molecule has 3 aromatic rings. The van der Waals surface area contributed by atoms with Crippen LogP contribution < -0.4 is 15.8 Å². The molecule has 2 amide bonds. The second-order valence-corrected chi connectivity index (χ2v) is 9.59. The molecule has 7 heteroatoms. The molecular formula is C25H25N3O3S. The number of ether oxygens (including phenoxy) is 1. The maximum Gasteiger partial charge on any atom is 0.251 e. The molecule has 3 heterocycles. The summed E-state index contributed by atoms with van der Waals surface area (Å²) in [6.07, 6.45) is 0.751. The first-order valence-electron chi connectivity index (χ1n) is 10.8. The number of primary amides is 1. The lowest BCUT2D eigenvalue weighted by atomic mass is 9.87. The molecular weight excluding hydrogens is 422 g/mol. The largest absolute Gasteiger partial charge is 0.457 e. The number of thiophene rings is 1. The first-order valence-corrected chi connectivity index (χ1v) is 11.6. The van der Waals surface area contributed by atoms with E-state index in [0.717, 1.165) is 41.1 Å². The van der Waals surface area contributed by atoms with E-state index in [1.54, 1.807) is 0 Å². The Kier molecular flexibility index (Phi) is 5.23. The van der Waals surface area contributed by atoms with Gasteiger partial charge in [-0.05, 0) is 38.0 Å². The molecule has 2 aliphatic heterocycles. The molecule has 1 aromatic heterocycles. The van der Waals surface area contributed by atoms with Gasteiger partial charge in [0.15, 0.2) is 0 Å². The van der Waals surface area contributed by atoms with Crippen LogP contribution >= 0.6 is 11.3 Å². The zero-order chi connectivity index (χ0) is 22.4. The first kappa shape index (κ1) is 20.7. The highest BCUT2D eigenvalue weighted by Crippen LogP contribution is 2.45. The van der Waals surface area contributed by atoms with Gasteiger partial charge in [0.05, 0.1) is 11.5 Å². The van der Waals surface area contributed by atoms with E-state index in [1.165, 1.54) is 11.3 Å². The fourth-order valence-corrected chi connectivity index (χ4v) is 5.87. The average Bonchev–Trinajstić information content (AvgIpc) is 3.14. The Labute approximate surface area is 191 Å². The van der Waals surface area contributed by atoms with Crippen LogP contribution in [-0.4, -0.2) is 29.3 Å². The van der Waals surface area contributed by atoms with Crippen LogP contribution in [0.4, 0.5) is 5.00 Å². The van der Waals surface area contributed by atoms with Gasteiger partial charge in [-0.15, -0.1) is 11.3 Å². The molecule has 2 aliphatic rings. The third-order valence-electron chi connectivity index (χ3n) is 6.24. The molecule has 0 radical (unpaired) electrons. The predicted molar refractivity (Wildman–Crippen MR) is 126 cm³/mol. The van der Waals surface area contributed by atoms with E-state index in [4.69, 9.17) is 10.5 Å². The van der Waals surface area contributed by atoms with Crippen molar-refractivity contribution in [2.75, 3.05) is 11.9 Å². The number of nitrogens with zero attached hydrogens (tertiary/aromatic N) is 1. The maximum absolute atomic E-state index is 13.6. The van der Waals surface area contributed by atoms with Crippen LogP contribution in [0.2, 0.25) is 0 Å². The number of carbonyl (C=O) groups is 2. The molecule has 0 spiro atoms. The van der Waals surface area contributed by atoms with E-state index in [2.05, 4.69) is 24.1 Å². The molecule has 5 rings (SSSR count). The lowest BCUT2D eigenvalue weighted by Crippen LogP contribution is -2.35. The molecule has 0 saturated carbocycles. The van der Waals surface area contributed by atoms with Gasteiger partial charge in [0.25, 0.3) is 5.91 Å². The number of nitrogens with two attached hydrogens (primary N) is 1. The zero-order valence-corrected chi connectivity index (χ0v) is 18.9. The molecule has 3 N–H and O–H groups in total. The summed E-state index contributed by atoms with van der Waals surface area (Å²) in [5, 5.41) is 3.59. The predicted octanol–water partition coefficient (Wildman–Crippen LogP) is 4.49. The molecule has 0 atom stereocenters. The van der Waals surface area contributed by atoms with E-state index in [0.29, 0.717) is 28.1 Å². The normalized spacial score (nSPS) is 15.5. The van der Waals surface area contributed by atoms with E-state index in [9.17, 15) is 9.59 Å². The minimum atomic E-state index is -0.539. The average molecular weight is 448 g/mol. The lowest BCUT2D eigenvalue weighted by molar-refractivity contribution is -0.116. The van der Waals surface area contributed by atoms with Gasteiger partial charge in [-0.2, -0.15) is 0 Å². The van der Waals surface area contributed by atoms with Gasteiger partial charge in [0.2, 0.25) is 5.91 Å². The molecule has 6 nitrogen and oxygen atoms in total. The van der Waals surface area contributed by atoms with Crippen LogP contribution in [0.25, 0.3) is 0 Å². The topological polar surface area (TPSA) is 84.7 Å². The van der Waals surface area contributed by atoms with E-state index in [-0.39, 0.29) is 5.91 Å². The van der Waals surface area contributed by atoms with Gasteiger partial charge < -0.3 is 15.8 Å². The summed E-state index contributed by atoms with van der Waals surface area (Å²) in [6, 6.07) is 15.5. The van der Waals surface area contributed by atoms with Crippen molar-refractivity contribution >= 4 is 28.2 Å². The maximum atomic E-state index is 13.6. The molecule has 0 fully saturated rings. The lowest BCUT2D eigenvalue weighted by Gasteiger charge is -2.30. The fraction of sp³-hybridized carbons (Fsp3) is 0.280. The van der Waals surface area contributed by atoms with Crippen LogP contribution in [0, 0.1) is 0 Å². The highest BCUT2D eigenvalue weighted by molar-refractivity contribution is 7.17. The smallest absolute Gasteiger partial charge is 0.251 e. The second kappa shape index (κ2) is 8.07. The number of nitrogens with one attached hydrogen (secondary N) is 1. The number of benzene rings is 2. The summed E-state index contributed by atoms with van der Waals surface area (Å²) in [5.74, 6) is 0.0980. The molecule has 32 heavy (non-hydrogen) atoms. The van der Waals surface area contributed by atoms with Crippen LogP contribution in [-0.2, 0) is 17.8 Å². The number of fused-ring (bicyclic) bond motifs is 3. The summed E-state index contributed by atoms with van der Waals surface area (Å²) in [5.41, 5.74) is 8.80. The van der Waals surface area contributed by atoms with Gasteiger partial charge in [-0.25, -0.2) is 0 Å². The quantitative estimate of drug-likeness (QED) is 0.617. The third kappa shape index (κ3) is 3.47. The zero-order valence-electron chi connectivity index (χ0n) is 18.1. The van der Waals surface area contributed by atoms with Gasteiger partial charge in [-0.1, -0.05) is 36.4 Å². The highest BCUT2D eigenvalue weighted by atomic mass is 32.1. The van der Waals surface area contributed by atoms with Crippen LogP contribution in [0.15, 0.2) is 48.5 Å². The molecule has 0 bridgehead atoms. The number of anilines is 1. The minimum absolute atomic E-state index is 0.199. The highest BCUT2D eigenvalue weighted by Gasteiger charge is 2.34. The van der Waals surface area contributed by atoms with Crippen molar-refractivity contribution in [3.63, 3.8) is 0 Å². The van der Waals surface area contributed by atoms with Crippen molar-refractivity contribution in [1.29, 1.82) is 0 Å². The SMILES string of the molecule is CC(C)N1CCc2c(sc(NC(=O)C3c4ccccc4Oc4ccccc43)c2C(N)=O)C1. The Morgan fingerprint density at radius 2 is 1.72 bits per heavy atom. The number of rotatable bonds is 4. The van der Waals surface area contributed by atoms with Crippen molar-refractivity contribution in [3.05, 3.63) is 75.7 Å². The Bertz CT molecular complexity index is 1170. The minimum Gasteiger partial charge on any atom is -0.457 e. The van der Waals surface area contributed by atoms with E-state index >= 15 is 0 Å². The Balaban J connectivity index is 1.52. The third-order valence-corrected chi connectivity index (χ3v) is 7.37.